The first kappa shape index (κ1) is 17.4. The van der Waals surface area contributed by atoms with Gasteiger partial charge in [-0.2, -0.15) is 0 Å². The van der Waals surface area contributed by atoms with E-state index in [0.717, 1.165) is 18.4 Å². The molecule has 2 amide bonds. The molecule has 126 valence electrons. The fourth-order valence-corrected chi connectivity index (χ4v) is 2.78. The number of likely N-dealkylation sites (tertiary alicyclic amines) is 1. The van der Waals surface area contributed by atoms with Gasteiger partial charge in [0.1, 0.15) is 5.82 Å². The van der Waals surface area contributed by atoms with Crippen molar-refractivity contribution in [2.75, 3.05) is 13.1 Å². The maximum Gasteiger partial charge on any atom is 0.227 e. The number of nitrogens with zero attached hydrogens (tertiary/aromatic N) is 1. The van der Waals surface area contributed by atoms with Gasteiger partial charge in [0.15, 0.2) is 0 Å². The minimum atomic E-state index is -0.307. The molecular weight excluding hydrogens is 295 g/mol. The van der Waals surface area contributed by atoms with Crippen LogP contribution in [-0.4, -0.2) is 35.3 Å². The third-order valence-electron chi connectivity index (χ3n) is 3.91. The Morgan fingerprint density at radius 3 is 2.52 bits per heavy atom. The van der Waals surface area contributed by atoms with E-state index in [2.05, 4.69) is 5.32 Å². The molecule has 4 nitrogen and oxygen atoms in total. The number of halogens is 1. The molecule has 0 radical (unpaired) electrons. The Bertz CT molecular complexity index is 563. The fourth-order valence-electron chi connectivity index (χ4n) is 2.78. The SMILES string of the molecule is CC(C)(C)NC(=O)C1CCCN(C(=O)Cc2ccc(F)cc2)C1. The lowest BCUT2D eigenvalue weighted by molar-refractivity contribution is -0.135. The highest BCUT2D eigenvalue weighted by molar-refractivity contribution is 5.82. The van der Waals surface area contributed by atoms with Crippen LogP contribution in [0.25, 0.3) is 0 Å². The number of rotatable bonds is 3. The number of benzene rings is 1. The molecule has 23 heavy (non-hydrogen) atoms. The second kappa shape index (κ2) is 7.11. The van der Waals surface area contributed by atoms with E-state index in [1.165, 1.54) is 12.1 Å². The van der Waals surface area contributed by atoms with Crippen molar-refractivity contribution in [2.45, 2.75) is 45.6 Å². The number of piperidine rings is 1. The monoisotopic (exact) mass is 320 g/mol. The van der Waals surface area contributed by atoms with E-state index < -0.39 is 0 Å². The van der Waals surface area contributed by atoms with Crippen molar-refractivity contribution in [2.24, 2.45) is 5.92 Å². The van der Waals surface area contributed by atoms with Crippen LogP contribution in [0, 0.1) is 11.7 Å². The summed E-state index contributed by atoms with van der Waals surface area (Å²) in [5.74, 6) is -0.458. The van der Waals surface area contributed by atoms with E-state index >= 15 is 0 Å². The predicted molar refractivity (Wildman–Crippen MR) is 87.3 cm³/mol. The summed E-state index contributed by atoms with van der Waals surface area (Å²) in [6, 6.07) is 5.97. The summed E-state index contributed by atoms with van der Waals surface area (Å²) in [6.07, 6.45) is 1.88. The van der Waals surface area contributed by atoms with Gasteiger partial charge in [0.05, 0.1) is 12.3 Å². The Morgan fingerprint density at radius 1 is 1.26 bits per heavy atom. The Labute approximate surface area is 137 Å². The zero-order chi connectivity index (χ0) is 17.0. The van der Waals surface area contributed by atoms with Crippen molar-refractivity contribution >= 4 is 11.8 Å². The molecule has 1 saturated heterocycles. The highest BCUT2D eigenvalue weighted by atomic mass is 19.1. The molecule has 1 atom stereocenters. The topological polar surface area (TPSA) is 49.4 Å². The molecular formula is C18H25FN2O2. The molecule has 1 fully saturated rings. The quantitative estimate of drug-likeness (QED) is 0.930. The van der Waals surface area contributed by atoms with Crippen LogP contribution in [0.4, 0.5) is 4.39 Å². The van der Waals surface area contributed by atoms with Crippen LogP contribution in [0.5, 0.6) is 0 Å². The lowest BCUT2D eigenvalue weighted by Crippen LogP contribution is -2.50. The molecule has 1 unspecified atom stereocenters. The summed E-state index contributed by atoms with van der Waals surface area (Å²) in [7, 11) is 0. The van der Waals surface area contributed by atoms with Crippen LogP contribution in [0.3, 0.4) is 0 Å². The first-order valence-electron chi connectivity index (χ1n) is 8.09. The number of amides is 2. The van der Waals surface area contributed by atoms with Crippen molar-refractivity contribution in [1.29, 1.82) is 0 Å². The molecule has 1 aromatic rings. The summed E-state index contributed by atoms with van der Waals surface area (Å²) >= 11 is 0. The van der Waals surface area contributed by atoms with E-state index in [-0.39, 0.29) is 35.5 Å². The van der Waals surface area contributed by atoms with Crippen molar-refractivity contribution in [1.82, 2.24) is 10.2 Å². The molecule has 5 heteroatoms. The van der Waals surface area contributed by atoms with Gasteiger partial charge in [-0.05, 0) is 51.3 Å². The second-order valence-electron chi connectivity index (χ2n) is 7.22. The van der Waals surface area contributed by atoms with Gasteiger partial charge in [-0.25, -0.2) is 4.39 Å². The van der Waals surface area contributed by atoms with Gasteiger partial charge < -0.3 is 10.2 Å². The highest BCUT2D eigenvalue weighted by Gasteiger charge is 2.29. The summed E-state index contributed by atoms with van der Waals surface area (Å²) < 4.78 is 12.9. The van der Waals surface area contributed by atoms with Crippen LogP contribution in [-0.2, 0) is 16.0 Å². The van der Waals surface area contributed by atoms with Gasteiger partial charge in [0.25, 0.3) is 0 Å². The molecule has 0 aliphatic carbocycles. The van der Waals surface area contributed by atoms with Crippen LogP contribution < -0.4 is 5.32 Å². The van der Waals surface area contributed by atoms with Gasteiger partial charge in [-0.3, -0.25) is 9.59 Å². The van der Waals surface area contributed by atoms with Gasteiger partial charge in [-0.15, -0.1) is 0 Å². The van der Waals surface area contributed by atoms with E-state index in [0.29, 0.717) is 13.1 Å². The largest absolute Gasteiger partial charge is 0.351 e. The maximum atomic E-state index is 12.9. The van der Waals surface area contributed by atoms with Crippen LogP contribution in [0.1, 0.15) is 39.2 Å². The summed E-state index contributed by atoms with van der Waals surface area (Å²) in [6.45, 7) is 6.99. The number of hydrogen-bond donors (Lipinski definition) is 1. The van der Waals surface area contributed by atoms with Gasteiger partial charge in [0.2, 0.25) is 11.8 Å². The number of carbonyl (C=O) groups excluding carboxylic acids is 2. The van der Waals surface area contributed by atoms with Crippen molar-refractivity contribution in [3.05, 3.63) is 35.6 Å². The van der Waals surface area contributed by atoms with Gasteiger partial charge in [0, 0.05) is 18.6 Å². The molecule has 2 rings (SSSR count). The number of carbonyl (C=O) groups is 2. The average molecular weight is 320 g/mol. The average Bonchev–Trinajstić information content (AvgIpc) is 2.48. The standard InChI is InChI=1S/C18H25FN2O2/c1-18(2,3)20-17(23)14-5-4-10-21(12-14)16(22)11-13-6-8-15(19)9-7-13/h6-9,14H,4-5,10-12H2,1-3H3,(H,20,23). The Morgan fingerprint density at radius 2 is 1.91 bits per heavy atom. The summed E-state index contributed by atoms with van der Waals surface area (Å²) in [4.78, 5) is 26.4. The molecule has 0 spiro atoms. The minimum absolute atomic E-state index is 0.00938. The third-order valence-corrected chi connectivity index (χ3v) is 3.91. The third kappa shape index (κ3) is 5.34. The van der Waals surface area contributed by atoms with Crippen LogP contribution in [0.2, 0.25) is 0 Å². The molecule has 1 heterocycles. The molecule has 0 bridgehead atoms. The van der Waals surface area contributed by atoms with Crippen molar-refractivity contribution in [3.8, 4) is 0 Å². The normalized spacial score (nSPS) is 18.6. The Kier molecular flexibility index (Phi) is 5.39. The Hall–Kier alpha value is -1.91. The summed E-state index contributed by atoms with van der Waals surface area (Å²) in [5, 5.41) is 2.99. The molecule has 0 aromatic heterocycles. The zero-order valence-electron chi connectivity index (χ0n) is 14.1. The maximum absolute atomic E-state index is 12.9. The van der Waals surface area contributed by atoms with Crippen molar-refractivity contribution in [3.63, 3.8) is 0 Å². The fraction of sp³-hybridized carbons (Fsp3) is 0.556. The zero-order valence-corrected chi connectivity index (χ0v) is 14.1. The highest BCUT2D eigenvalue weighted by Crippen LogP contribution is 2.19. The molecule has 1 aromatic carbocycles. The van der Waals surface area contributed by atoms with E-state index in [4.69, 9.17) is 0 Å². The Balaban J connectivity index is 1.93. The molecule has 0 saturated carbocycles. The molecule has 1 aliphatic heterocycles. The smallest absolute Gasteiger partial charge is 0.227 e. The number of hydrogen-bond acceptors (Lipinski definition) is 2. The summed E-state index contributed by atoms with van der Waals surface area (Å²) in [5.41, 5.74) is 0.523. The van der Waals surface area contributed by atoms with Crippen LogP contribution >= 0.6 is 0 Å². The van der Waals surface area contributed by atoms with E-state index in [1.54, 1.807) is 17.0 Å². The minimum Gasteiger partial charge on any atom is -0.351 e. The molecule has 1 aliphatic rings. The lowest BCUT2D eigenvalue weighted by Gasteiger charge is -2.34. The molecule has 1 N–H and O–H groups in total. The van der Waals surface area contributed by atoms with E-state index in [1.807, 2.05) is 20.8 Å². The lowest BCUT2D eigenvalue weighted by atomic mass is 9.95. The predicted octanol–water partition coefficient (Wildman–Crippen LogP) is 2.52. The number of nitrogens with one attached hydrogen (secondary N) is 1. The van der Waals surface area contributed by atoms with E-state index in [9.17, 15) is 14.0 Å². The second-order valence-corrected chi connectivity index (χ2v) is 7.22. The van der Waals surface area contributed by atoms with Crippen LogP contribution in [0.15, 0.2) is 24.3 Å². The first-order valence-corrected chi connectivity index (χ1v) is 8.09. The van der Waals surface area contributed by atoms with Crippen molar-refractivity contribution < 1.29 is 14.0 Å². The van der Waals surface area contributed by atoms with Gasteiger partial charge in [-0.1, -0.05) is 12.1 Å². The van der Waals surface area contributed by atoms with Gasteiger partial charge >= 0.3 is 0 Å². The first-order chi connectivity index (χ1) is 10.7.